The number of benzene rings is 4. The van der Waals surface area contributed by atoms with E-state index in [0.29, 0.717) is 5.22 Å². The molecule has 6 aromatic rings. The maximum Gasteiger partial charge on any atom is 0.194 e. The van der Waals surface area contributed by atoms with Gasteiger partial charge in [0.05, 0.1) is 0 Å². The Labute approximate surface area is 198 Å². The van der Waals surface area contributed by atoms with Crippen LogP contribution in [0.25, 0.3) is 21.9 Å². The topological polar surface area (TPSA) is 52.3 Å². The van der Waals surface area contributed by atoms with Crippen LogP contribution in [0.3, 0.4) is 0 Å². The van der Waals surface area contributed by atoms with Crippen LogP contribution in [-0.2, 0) is 6.42 Å². The molecule has 2 heterocycles. The number of anilines is 1. The number of furan rings is 2. The predicted molar refractivity (Wildman–Crippen MR) is 138 cm³/mol. The monoisotopic (exact) mass is 453 g/mol. The molecule has 4 aromatic carbocycles. The molecule has 0 radical (unpaired) electrons. The molecule has 0 atom stereocenters. The van der Waals surface area contributed by atoms with Gasteiger partial charge in [0.15, 0.2) is 5.22 Å². The quantitative estimate of drug-likeness (QED) is 0.268. The lowest BCUT2D eigenvalue weighted by Gasteiger charge is -1.96. The van der Waals surface area contributed by atoms with Gasteiger partial charge in [-0.25, -0.2) is 0 Å². The van der Waals surface area contributed by atoms with Crippen LogP contribution in [0.15, 0.2) is 130 Å². The zero-order valence-electron chi connectivity index (χ0n) is 18.0. The van der Waals surface area contributed by atoms with Crippen LogP contribution in [0, 0.1) is 0 Å². The Morgan fingerprint density at radius 3 is 1.64 bits per heavy atom. The second-order valence-electron chi connectivity index (χ2n) is 7.41. The summed E-state index contributed by atoms with van der Waals surface area (Å²) < 4.78 is 10.9. The first kappa shape index (κ1) is 22.3. The van der Waals surface area contributed by atoms with E-state index in [-0.39, 0.29) is 0 Å². The van der Waals surface area contributed by atoms with E-state index in [2.05, 4.69) is 36.4 Å². The van der Waals surface area contributed by atoms with Crippen molar-refractivity contribution in [2.75, 3.05) is 5.73 Å². The lowest BCUT2D eigenvalue weighted by atomic mass is 10.1. The molecule has 0 saturated carbocycles. The fraction of sp³-hybridized carbons (Fsp3) is 0.0345. The van der Waals surface area contributed by atoms with Crippen LogP contribution in [0.5, 0.6) is 0 Å². The van der Waals surface area contributed by atoms with Crippen LogP contribution in [-0.4, -0.2) is 0 Å². The number of nitrogens with two attached hydrogens (primary N) is 1. The molecule has 0 spiro atoms. The zero-order chi connectivity index (χ0) is 22.9. The highest BCUT2D eigenvalue weighted by atomic mass is 35.5. The molecule has 4 heteroatoms. The molecule has 33 heavy (non-hydrogen) atoms. The van der Waals surface area contributed by atoms with Crippen molar-refractivity contribution in [1.29, 1.82) is 0 Å². The standard InChI is InChI=1S/C15H12O.C8H5ClO.C6H7N/c1-2-6-12(7-3-1)10-14-11-13-8-4-5-9-15(13)16-14;9-8-5-6-3-1-2-4-7(6)10-8;7-6-4-2-1-3-5-6/h1-9,11H,10H2;1-5H;1-5H,7H2. The molecule has 0 aliphatic rings. The van der Waals surface area contributed by atoms with Crippen molar-refractivity contribution in [3.63, 3.8) is 0 Å². The average Bonchev–Trinajstić information content (AvgIpc) is 3.42. The van der Waals surface area contributed by atoms with Crippen molar-refractivity contribution in [2.24, 2.45) is 0 Å². The average molecular weight is 454 g/mol. The molecule has 2 N–H and O–H groups in total. The van der Waals surface area contributed by atoms with Gasteiger partial charge in [-0.15, -0.1) is 0 Å². The lowest BCUT2D eigenvalue weighted by Crippen LogP contribution is -1.83. The summed E-state index contributed by atoms with van der Waals surface area (Å²) in [7, 11) is 0. The third-order valence-corrected chi connectivity index (χ3v) is 5.08. The first-order valence-corrected chi connectivity index (χ1v) is 11.0. The third-order valence-electron chi connectivity index (χ3n) is 4.89. The fourth-order valence-electron chi connectivity index (χ4n) is 3.32. The summed E-state index contributed by atoms with van der Waals surface area (Å²) in [6.45, 7) is 0. The molecule has 0 amide bonds. The molecule has 0 aliphatic heterocycles. The number of halogens is 1. The number of nitrogen functional groups attached to an aromatic ring is 1. The molecule has 164 valence electrons. The molecule has 2 aromatic heterocycles. The van der Waals surface area contributed by atoms with E-state index in [1.54, 1.807) is 6.07 Å². The van der Waals surface area contributed by atoms with Crippen molar-refractivity contribution in [1.82, 2.24) is 0 Å². The van der Waals surface area contributed by atoms with Crippen molar-refractivity contribution < 1.29 is 8.83 Å². The minimum Gasteiger partial charge on any atom is -0.461 e. The minimum atomic E-state index is 0.446. The van der Waals surface area contributed by atoms with Crippen molar-refractivity contribution >= 4 is 39.2 Å². The number of hydrogen-bond donors (Lipinski definition) is 1. The van der Waals surface area contributed by atoms with Gasteiger partial charge in [0.2, 0.25) is 0 Å². The Bertz CT molecular complexity index is 1340. The summed E-state index contributed by atoms with van der Waals surface area (Å²) in [6.07, 6.45) is 0.857. The Hall–Kier alpha value is -3.95. The summed E-state index contributed by atoms with van der Waals surface area (Å²) >= 11 is 5.62. The maximum atomic E-state index is 5.77. The Morgan fingerprint density at radius 2 is 1.09 bits per heavy atom. The molecule has 0 fully saturated rings. The molecule has 6 rings (SSSR count). The normalized spacial score (nSPS) is 10.2. The lowest BCUT2D eigenvalue weighted by molar-refractivity contribution is 0.563. The molecule has 0 aliphatic carbocycles. The molecular formula is C29H24ClNO2. The zero-order valence-corrected chi connectivity index (χ0v) is 18.8. The van der Waals surface area contributed by atoms with Crippen molar-refractivity contribution in [2.45, 2.75) is 6.42 Å². The van der Waals surface area contributed by atoms with Gasteiger partial charge in [-0.1, -0.05) is 84.9 Å². The Kier molecular flexibility index (Phi) is 7.47. The molecular weight excluding hydrogens is 430 g/mol. The van der Waals surface area contributed by atoms with Gasteiger partial charge < -0.3 is 14.6 Å². The van der Waals surface area contributed by atoms with E-state index < -0.39 is 0 Å². The summed E-state index contributed by atoms with van der Waals surface area (Å²) in [5.41, 5.74) is 9.27. The van der Waals surface area contributed by atoms with Gasteiger partial charge in [-0.3, -0.25) is 0 Å². The summed E-state index contributed by atoms with van der Waals surface area (Å²) in [4.78, 5) is 0. The van der Waals surface area contributed by atoms with Gasteiger partial charge in [-0.05, 0) is 47.5 Å². The predicted octanol–water partition coefficient (Wildman–Crippen LogP) is 8.38. The second kappa shape index (κ2) is 11.1. The first-order chi connectivity index (χ1) is 16.2. The largest absolute Gasteiger partial charge is 0.461 e. The molecule has 3 nitrogen and oxygen atoms in total. The van der Waals surface area contributed by atoms with E-state index in [1.165, 1.54) is 10.9 Å². The second-order valence-corrected chi connectivity index (χ2v) is 7.78. The highest BCUT2D eigenvalue weighted by molar-refractivity contribution is 6.29. The number of para-hydroxylation sites is 3. The minimum absolute atomic E-state index is 0.446. The highest BCUT2D eigenvalue weighted by Gasteiger charge is 2.03. The summed E-state index contributed by atoms with van der Waals surface area (Å²) in [5, 5.41) is 2.67. The van der Waals surface area contributed by atoms with Crippen LogP contribution in [0.2, 0.25) is 5.22 Å². The van der Waals surface area contributed by atoms with E-state index in [9.17, 15) is 0 Å². The van der Waals surface area contributed by atoms with Crippen LogP contribution in [0.1, 0.15) is 11.3 Å². The van der Waals surface area contributed by atoms with Crippen LogP contribution < -0.4 is 5.73 Å². The van der Waals surface area contributed by atoms with Crippen molar-refractivity contribution in [3.8, 4) is 0 Å². The summed E-state index contributed by atoms with van der Waals surface area (Å²) in [6, 6.07) is 39.6. The van der Waals surface area contributed by atoms with Gasteiger partial charge >= 0.3 is 0 Å². The van der Waals surface area contributed by atoms with E-state index >= 15 is 0 Å². The number of fused-ring (bicyclic) bond motifs is 2. The van der Waals surface area contributed by atoms with Gasteiger partial charge in [0, 0.05) is 28.9 Å². The molecule has 0 unspecified atom stereocenters. The molecule has 0 bridgehead atoms. The first-order valence-electron chi connectivity index (χ1n) is 10.6. The Balaban J connectivity index is 0.000000130. The SMILES string of the molecule is Clc1cc2ccccc2o1.Nc1ccccc1.c1ccc(Cc2cc3ccccc3o2)cc1. The third kappa shape index (κ3) is 6.52. The fourth-order valence-corrected chi connectivity index (χ4v) is 3.52. The van der Waals surface area contributed by atoms with Crippen LogP contribution >= 0.6 is 11.6 Å². The van der Waals surface area contributed by atoms with E-state index in [4.69, 9.17) is 26.2 Å². The number of hydrogen-bond acceptors (Lipinski definition) is 3. The van der Waals surface area contributed by atoms with Gasteiger partial charge in [-0.2, -0.15) is 0 Å². The molecule has 0 saturated heterocycles. The van der Waals surface area contributed by atoms with Gasteiger partial charge in [0.1, 0.15) is 16.9 Å². The van der Waals surface area contributed by atoms with E-state index in [0.717, 1.165) is 34.4 Å². The van der Waals surface area contributed by atoms with E-state index in [1.807, 2.05) is 78.9 Å². The Morgan fingerprint density at radius 1 is 0.576 bits per heavy atom. The van der Waals surface area contributed by atoms with Crippen LogP contribution in [0.4, 0.5) is 5.69 Å². The highest BCUT2D eigenvalue weighted by Crippen LogP contribution is 2.22. The smallest absolute Gasteiger partial charge is 0.194 e. The summed E-state index contributed by atoms with van der Waals surface area (Å²) in [5.74, 6) is 1.02. The maximum absolute atomic E-state index is 5.77. The van der Waals surface area contributed by atoms with Crippen molar-refractivity contribution in [3.05, 3.63) is 138 Å². The number of rotatable bonds is 2. The van der Waals surface area contributed by atoms with Gasteiger partial charge in [0.25, 0.3) is 0 Å².